The van der Waals surface area contributed by atoms with Crippen molar-refractivity contribution in [2.75, 3.05) is 0 Å². The molecule has 2 aliphatic rings. The summed E-state index contributed by atoms with van der Waals surface area (Å²) < 4.78 is 11.9. The van der Waals surface area contributed by atoms with E-state index in [0.29, 0.717) is 17.1 Å². The number of phenols is 2. The summed E-state index contributed by atoms with van der Waals surface area (Å²) in [7, 11) is -3.09. The Morgan fingerprint density at radius 1 is 0.760 bits per heavy atom. The summed E-state index contributed by atoms with van der Waals surface area (Å²) in [6.45, 7) is 0. The van der Waals surface area contributed by atoms with Crippen LogP contribution in [0.3, 0.4) is 0 Å². The van der Waals surface area contributed by atoms with Gasteiger partial charge in [-0.25, -0.2) is 4.79 Å². The van der Waals surface area contributed by atoms with E-state index < -0.39 is 8.32 Å². The fourth-order valence-corrected chi connectivity index (χ4v) is 7.71. The normalized spacial score (nSPS) is 15.8. The minimum atomic E-state index is -3.09. The summed E-state index contributed by atoms with van der Waals surface area (Å²) in [6, 6.07) is 17.0. The van der Waals surface area contributed by atoms with Crippen LogP contribution >= 0.6 is 0 Å². The molecule has 6 heteroatoms. The SMILES string of the molecule is O=C1O[Si]2(c3ccc(O)cc3Oc3cc(O)ccc32)c2ccccc21. The van der Waals surface area contributed by atoms with E-state index in [2.05, 4.69) is 0 Å². The lowest BCUT2D eigenvalue weighted by atomic mass is 10.2. The molecule has 2 heterocycles. The number of hydrogen-bond acceptors (Lipinski definition) is 5. The Morgan fingerprint density at radius 3 is 2.00 bits per heavy atom. The molecule has 0 aromatic heterocycles. The van der Waals surface area contributed by atoms with Crippen LogP contribution < -0.4 is 20.3 Å². The lowest BCUT2D eigenvalue weighted by Crippen LogP contribution is -2.68. The van der Waals surface area contributed by atoms with Gasteiger partial charge in [0.05, 0.1) is 5.56 Å². The number of carbonyl (C=O) groups excluding carboxylic acids is 1. The quantitative estimate of drug-likeness (QED) is 0.600. The van der Waals surface area contributed by atoms with Crippen molar-refractivity contribution in [2.45, 2.75) is 0 Å². The van der Waals surface area contributed by atoms with Crippen LogP contribution in [0.4, 0.5) is 0 Å². The zero-order valence-electron chi connectivity index (χ0n) is 12.9. The summed E-state index contributed by atoms with van der Waals surface area (Å²) >= 11 is 0. The van der Waals surface area contributed by atoms with E-state index in [0.717, 1.165) is 15.6 Å². The molecule has 0 atom stereocenters. The van der Waals surface area contributed by atoms with Crippen LogP contribution in [0, 0.1) is 0 Å². The van der Waals surface area contributed by atoms with Gasteiger partial charge in [-0.2, -0.15) is 0 Å². The number of benzene rings is 3. The second-order valence-corrected chi connectivity index (χ2v) is 9.26. The summed E-state index contributed by atoms with van der Waals surface area (Å²) in [6.07, 6.45) is 0. The van der Waals surface area contributed by atoms with Crippen LogP contribution in [-0.2, 0) is 4.43 Å². The monoisotopic (exact) mass is 348 g/mol. The van der Waals surface area contributed by atoms with Gasteiger partial charge in [-0.05, 0) is 18.2 Å². The smallest absolute Gasteiger partial charge is 0.359 e. The van der Waals surface area contributed by atoms with E-state index in [1.54, 1.807) is 30.3 Å². The fourth-order valence-electron chi connectivity index (χ4n) is 3.65. The third kappa shape index (κ3) is 1.74. The van der Waals surface area contributed by atoms with Crippen molar-refractivity contribution >= 4 is 29.8 Å². The third-order valence-corrected chi connectivity index (χ3v) is 8.71. The van der Waals surface area contributed by atoms with Crippen molar-refractivity contribution < 1.29 is 24.2 Å². The van der Waals surface area contributed by atoms with E-state index >= 15 is 0 Å². The number of ether oxygens (including phenoxy) is 1. The number of carbonyl (C=O) groups is 1. The lowest BCUT2D eigenvalue weighted by molar-refractivity contribution is 0.0747. The number of hydrogen-bond donors (Lipinski definition) is 2. The molecular formula is C19H12O5Si. The molecule has 3 aromatic carbocycles. The van der Waals surface area contributed by atoms with Gasteiger partial charge in [-0.1, -0.05) is 30.3 Å². The molecule has 0 saturated carbocycles. The first kappa shape index (κ1) is 14.1. The highest BCUT2D eigenvalue weighted by Crippen LogP contribution is 2.35. The van der Waals surface area contributed by atoms with Crippen molar-refractivity contribution in [3.63, 3.8) is 0 Å². The molecule has 0 unspecified atom stereocenters. The van der Waals surface area contributed by atoms with Gasteiger partial charge in [0.1, 0.15) is 23.0 Å². The maximum atomic E-state index is 12.6. The van der Waals surface area contributed by atoms with Gasteiger partial charge >= 0.3 is 14.3 Å². The zero-order valence-corrected chi connectivity index (χ0v) is 13.9. The van der Waals surface area contributed by atoms with Gasteiger partial charge in [-0.3, -0.25) is 0 Å². The first-order valence-electron chi connectivity index (χ1n) is 7.77. The molecule has 0 amide bonds. The van der Waals surface area contributed by atoms with E-state index in [9.17, 15) is 15.0 Å². The van der Waals surface area contributed by atoms with Crippen LogP contribution in [0.15, 0.2) is 60.7 Å². The number of aromatic hydroxyl groups is 2. The number of rotatable bonds is 0. The standard InChI is InChI=1S/C19H12O5Si/c20-11-5-7-17-14(9-11)23-15-10-12(21)6-8-18(15)25(17)16-4-2-1-3-13(16)19(22)24-25/h1-10,20-21H. The molecule has 2 aliphatic heterocycles. The first-order chi connectivity index (χ1) is 12.1. The summed E-state index contributed by atoms with van der Waals surface area (Å²) in [5.74, 6) is 0.638. The first-order valence-corrected chi connectivity index (χ1v) is 9.68. The Morgan fingerprint density at radius 2 is 1.36 bits per heavy atom. The van der Waals surface area contributed by atoms with Crippen molar-refractivity contribution in [2.24, 2.45) is 0 Å². The van der Waals surface area contributed by atoms with Crippen LogP contribution in [0.5, 0.6) is 23.0 Å². The number of phenolic OH excluding ortho intramolecular Hbond substituents is 2. The van der Waals surface area contributed by atoms with Crippen LogP contribution in [0.2, 0.25) is 0 Å². The number of fused-ring (bicyclic) bond motifs is 6. The summed E-state index contributed by atoms with van der Waals surface area (Å²) in [5.41, 5.74) is 0.550. The largest absolute Gasteiger partial charge is 0.508 e. The van der Waals surface area contributed by atoms with Gasteiger partial charge in [-0.15, -0.1) is 0 Å². The Kier molecular flexibility index (Phi) is 2.62. The maximum Gasteiger partial charge on any atom is 0.359 e. The molecule has 1 spiro atoms. The molecular weight excluding hydrogens is 336 g/mol. The molecule has 5 rings (SSSR count). The lowest BCUT2D eigenvalue weighted by Gasteiger charge is -2.33. The molecule has 0 aliphatic carbocycles. The van der Waals surface area contributed by atoms with Gasteiger partial charge in [0.25, 0.3) is 0 Å². The van der Waals surface area contributed by atoms with Gasteiger partial charge in [0.15, 0.2) is 0 Å². The van der Waals surface area contributed by atoms with E-state index in [1.165, 1.54) is 12.1 Å². The second kappa shape index (κ2) is 4.64. The minimum absolute atomic E-state index is 0.0594. The molecule has 2 N–H and O–H groups in total. The van der Waals surface area contributed by atoms with Gasteiger partial charge < -0.3 is 19.4 Å². The molecule has 0 fully saturated rings. The van der Waals surface area contributed by atoms with Crippen molar-refractivity contribution in [1.29, 1.82) is 0 Å². The second-order valence-electron chi connectivity index (χ2n) is 6.08. The fraction of sp³-hybridized carbons (Fsp3) is 0. The predicted molar refractivity (Wildman–Crippen MR) is 92.8 cm³/mol. The van der Waals surface area contributed by atoms with Crippen molar-refractivity contribution in [3.8, 4) is 23.0 Å². The highest BCUT2D eigenvalue weighted by Gasteiger charge is 2.57. The van der Waals surface area contributed by atoms with Crippen LogP contribution in [0.1, 0.15) is 10.4 Å². The van der Waals surface area contributed by atoms with Crippen LogP contribution in [-0.4, -0.2) is 24.5 Å². The minimum Gasteiger partial charge on any atom is -0.508 e. The summed E-state index contributed by atoms with van der Waals surface area (Å²) in [5, 5.41) is 22.1. The highest BCUT2D eigenvalue weighted by molar-refractivity contribution is 7.10. The van der Waals surface area contributed by atoms with E-state index in [-0.39, 0.29) is 17.5 Å². The average molecular weight is 348 g/mol. The molecule has 0 saturated heterocycles. The Bertz CT molecular complexity index is 1010. The highest BCUT2D eigenvalue weighted by atomic mass is 28.4. The van der Waals surface area contributed by atoms with E-state index in [1.807, 2.05) is 18.2 Å². The predicted octanol–water partition coefficient (Wildman–Crippen LogP) is 1.34. The Labute approximate surface area is 143 Å². The molecule has 25 heavy (non-hydrogen) atoms. The van der Waals surface area contributed by atoms with Crippen molar-refractivity contribution in [3.05, 3.63) is 66.2 Å². The average Bonchev–Trinajstić information content (AvgIpc) is 2.88. The van der Waals surface area contributed by atoms with Crippen molar-refractivity contribution in [1.82, 2.24) is 0 Å². The molecule has 0 bridgehead atoms. The van der Waals surface area contributed by atoms with E-state index in [4.69, 9.17) is 9.16 Å². The topological polar surface area (TPSA) is 76.0 Å². The maximum absolute atomic E-state index is 12.6. The summed E-state index contributed by atoms with van der Waals surface area (Å²) in [4.78, 5) is 12.6. The zero-order chi connectivity index (χ0) is 17.2. The molecule has 0 radical (unpaired) electrons. The Balaban J connectivity index is 1.91. The Hall–Kier alpha value is -3.25. The third-order valence-electron chi connectivity index (χ3n) is 4.68. The van der Waals surface area contributed by atoms with Crippen LogP contribution in [0.25, 0.3) is 0 Å². The molecule has 5 nitrogen and oxygen atoms in total. The van der Waals surface area contributed by atoms with Gasteiger partial charge in [0.2, 0.25) is 0 Å². The molecule has 122 valence electrons. The molecule has 3 aromatic rings. The van der Waals surface area contributed by atoms with Gasteiger partial charge in [0, 0.05) is 27.7 Å².